The van der Waals surface area contributed by atoms with E-state index in [4.69, 9.17) is 10.00 Å². The average Bonchev–Trinajstić information content (AvgIpc) is 3.25. The summed E-state index contributed by atoms with van der Waals surface area (Å²) in [7, 11) is 0. The van der Waals surface area contributed by atoms with Crippen LogP contribution in [0.3, 0.4) is 0 Å². The second-order valence-corrected chi connectivity index (χ2v) is 7.97. The maximum Gasteiger partial charge on any atom is 0.256 e. The largest absolute Gasteiger partial charge is 0.490 e. The highest BCUT2D eigenvalue weighted by atomic mass is 32.2. The molecule has 0 atom stereocenters. The number of thioether (sulfide) groups is 1. The van der Waals surface area contributed by atoms with Gasteiger partial charge in [-0.25, -0.2) is 9.97 Å². The minimum absolute atomic E-state index is 0.262. The smallest absolute Gasteiger partial charge is 0.256 e. The minimum atomic E-state index is -0.262. The van der Waals surface area contributed by atoms with Crippen LogP contribution in [0.5, 0.6) is 5.75 Å². The van der Waals surface area contributed by atoms with Crippen LogP contribution in [0.15, 0.2) is 78.1 Å². The Morgan fingerprint density at radius 3 is 2.84 bits per heavy atom. The number of pyridine rings is 2. The number of nitrogens with zero attached hydrogens (tertiary/aromatic N) is 4. The van der Waals surface area contributed by atoms with Crippen LogP contribution in [0.4, 0.5) is 5.82 Å². The quantitative estimate of drug-likeness (QED) is 0.290. The molecule has 0 bridgehead atoms. The van der Waals surface area contributed by atoms with E-state index in [1.54, 1.807) is 42.2 Å². The zero-order chi connectivity index (χ0) is 22.2. The monoisotopic (exact) mass is 443 g/mol. The van der Waals surface area contributed by atoms with Gasteiger partial charge >= 0.3 is 0 Å². The molecule has 0 unspecified atom stereocenters. The molecule has 1 N–H and O–H groups in total. The number of aromatic nitrogens is 3. The first-order valence-corrected chi connectivity index (χ1v) is 11.1. The van der Waals surface area contributed by atoms with E-state index in [0.29, 0.717) is 36.6 Å². The van der Waals surface area contributed by atoms with Gasteiger partial charge in [-0.1, -0.05) is 6.07 Å². The molecule has 3 aromatic heterocycles. The zero-order valence-corrected chi connectivity index (χ0v) is 18.1. The number of unbranched alkanes of at least 4 members (excludes halogenated alkanes) is 1. The Labute approximate surface area is 190 Å². The molecule has 0 fully saturated rings. The van der Waals surface area contributed by atoms with Crippen molar-refractivity contribution in [2.45, 2.75) is 23.5 Å². The molecular formula is C24H21N5O2S. The van der Waals surface area contributed by atoms with E-state index in [2.05, 4.69) is 21.4 Å². The second kappa shape index (κ2) is 10.5. The molecule has 32 heavy (non-hydrogen) atoms. The van der Waals surface area contributed by atoms with Crippen LogP contribution < -0.4 is 10.1 Å². The Morgan fingerprint density at radius 1 is 1.16 bits per heavy atom. The van der Waals surface area contributed by atoms with E-state index in [1.165, 1.54) is 0 Å². The van der Waals surface area contributed by atoms with Gasteiger partial charge in [0.1, 0.15) is 5.65 Å². The number of benzene rings is 1. The van der Waals surface area contributed by atoms with Gasteiger partial charge in [-0.2, -0.15) is 5.26 Å². The molecule has 0 saturated heterocycles. The second-order valence-electron chi connectivity index (χ2n) is 6.93. The van der Waals surface area contributed by atoms with Gasteiger partial charge in [0.2, 0.25) is 0 Å². The topological polar surface area (TPSA) is 92.3 Å². The molecule has 0 aliphatic rings. The Kier molecular flexibility index (Phi) is 7.00. The molecule has 0 aliphatic heterocycles. The van der Waals surface area contributed by atoms with Crippen molar-refractivity contribution in [2.75, 3.05) is 11.9 Å². The highest BCUT2D eigenvalue weighted by molar-refractivity contribution is 7.98. The number of anilines is 1. The standard InChI is InChI=1S/C24H21N5O2S/c25-12-2-4-15-31-21-6-5-13-26-23(21)28-24(30)18-8-10-20(11-9-18)32-17-19-16-29-14-3-1-7-22(29)27-19/h1,3,5-11,13-14,16H,2,4,15,17H2,(H,26,28,30). The van der Waals surface area contributed by atoms with Crippen molar-refractivity contribution in [3.05, 3.63) is 84.4 Å². The SMILES string of the molecule is N#CCCCOc1cccnc1NC(=O)c1ccc(SCc2cn3ccccc3n2)cc1. The van der Waals surface area contributed by atoms with Gasteiger partial charge in [0.15, 0.2) is 11.6 Å². The lowest BCUT2D eigenvalue weighted by molar-refractivity contribution is 0.102. The summed E-state index contributed by atoms with van der Waals surface area (Å²) >= 11 is 1.67. The third kappa shape index (κ3) is 5.45. The van der Waals surface area contributed by atoms with Crippen LogP contribution in [0.2, 0.25) is 0 Å². The van der Waals surface area contributed by atoms with Crippen molar-refractivity contribution < 1.29 is 9.53 Å². The van der Waals surface area contributed by atoms with Crippen molar-refractivity contribution in [1.82, 2.24) is 14.4 Å². The number of amides is 1. The van der Waals surface area contributed by atoms with Gasteiger partial charge in [-0.05, 0) is 55.0 Å². The molecule has 0 aliphatic carbocycles. The average molecular weight is 444 g/mol. The Balaban J connectivity index is 1.34. The molecule has 160 valence electrons. The van der Waals surface area contributed by atoms with E-state index >= 15 is 0 Å². The third-order valence-corrected chi connectivity index (χ3v) is 5.66. The summed E-state index contributed by atoms with van der Waals surface area (Å²) in [5.74, 6) is 1.33. The number of nitriles is 1. The summed E-state index contributed by atoms with van der Waals surface area (Å²) in [6.45, 7) is 0.389. The number of imidazole rings is 1. The van der Waals surface area contributed by atoms with Crippen LogP contribution in [-0.4, -0.2) is 26.9 Å². The lowest BCUT2D eigenvalue weighted by Crippen LogP contribution is -2.14. The molecule has 3 heterocycles. The maximum atomic E-state index is 12.7. The number of nitrogens with one attached hydrogen (secondary N) is 1. The predicted molar refractivity (Wildman–Crippen MR) is 124 cm³/mol. The predicted octanol–water partition coefficient (Wildman–Crippen LogP) is 4.96. The lowest BCUT2D eigenvalue weighted by atomic mass is 10.2. The number of fused-ring (bicyclic) bond motifs is 1. The van der Waals surface area contributed by atoms with Crippen LogP contribution in [0.25, 0.3) is 5.65 Å². The van der Waals surface area contributed by atoms with E-state index in [9.17, 15) is 4.79 Å². The highest BCUT2D eigenvalue weighted by Crippen LogP contribution is 2.25. The van der Waals surface area contributed by atoms with Gasteiger partial charge in [-0.15, -0.1) is 11.8 Å². The van der Waals surface area contributed by atoms with Crippen LogP contribution >= 0.6 is 11.8 Å². The van der Waals surface area contributed by atoms with Crippen molar-refractivity contribution >= 4 is 29.1 Å². The molecule has 0 saturated carbocycles. The Hall–Kier alpha value is -3.83. The minimum Gasteiger partial charge on any atom is -0.490 e. The van der Waals surface area contributed by atoms with E-state index in [0.717, 1.165) is 22.0 Å². The Bertz CT molecular complexity index is 1210. The molecule has 4 aromatic rings. The summed E-state index contributed by atoms with van der Waals surface area (Å²) < 4.78 is 7.65. The molecule has 8 heteroatoms. The Morgan fingerprint density at radius 2 is 2.03 bits per heavy atom. The van der Waals surface area contributed by atoms with Crippen LogP contribution in [0, 0.1) is 11.3 Å². The first-order chi connectivity index (χ1) is 15.7. The molecule has 1 amide bonds. The van der Waals surface area contributed by atoms with E-state index in [1.807, 2.05) is 47.1 Å². The fraction of sp³-hybridized carbons (Fsp3) is 0.167. The van der Waals surface area contributed by atoms with E-state index < -0.39 is 0 Å². The molecule has 1 aromatic carbocycles. The summed E-state index contributed by atoms with van der Waals surface area (Å²) in [5, 5.41) is 11.4. The lowest BCUT2D eigenvalue weighted by Gasteiger charge is -2.11. The van der Waals surface area contributed by atoms with Gasteiger partial charge in [0.05, 0.1) is 18.4 Å². The summed E-state index contributed by atoms with van der Waals surface area (Å²) in [5.41, 5.74) is 2.46. The highest BCUT2D eigenvalue weighted by Gasteiger charge is 2.11. The van der Waals surface area contributed by atoms with Crippen LogP contribution in [0.1, 0.15) is 28.9 Å². The number of carbonyl (C=O) groups excluding carboxylic acids is 1. The maximum absolute atomic E-state index is 12.7. The first kappa shape index (κ1) is 21.4. The molecular weight excluding hydrogens is 422 g/mol. The van der Waals surface area contributed by atoms with Gasteiger partial charge < -0.3 is 14.5 Å². The van der Waals surface area contributed by atoms with Gasteiger partial charge in [0, 0.05) is 41.2 Å². The zero-order valence-electron chi connectivity index (χ0n) is 17.3. The molecule has 4 rings (SSSR count). The third-order valence-electron chi connectivity index (χ3n) is 4.61. The first-order valence-electron chi connectivity index (χ1n) is 10.1. The normalized spacial score (nSPS) is 10.6. The number of carbonyl (C=O) groups is 1. The van der Waals surface area contributed by atoms with Crippen molar-refractivity contribution in [3.63, 3.8) is 0 Å². The van der Waals surface area contributed by atoms with Crippen molar-refractivity contribution in [1.29, 1.82) is 5.26 Å². The summed E-state index contributed by atoms with van der Waals surface area (Å²) in [6, 6.07) is 18.9. The number of hydrogen-bond donors (Lipinski definition) is 1. The summed E-state index contributed by atoms with van der Waals surface area (Å²) in [4.78, 5) is 22.5. The number of rotatable bonds is 9. The van der Waals surface area contributed by atoms with Crippen molar-refractivity contribution in [2.24, 2.45) is 0 Å². The fourth-order valence-corrected chi connectivity index (χ4v) is 3.81. The van der Waals surface area contributed by atoms with Gasteiger partial charge in [-0.3, -0.25) is 4.79 Å². The van der Waals surface area contributed by atoms with E-state index in [-0.39, 0.29) is 5.91 Å². The number of ether oxygens (including phenoxy) is 1. The fourth-order valence-electron chi connectivity index (χ4n) is 3.03. The van der Waals surface area contributed by atoms with Crippen LogP contribution in [-0.2, 0) is 5.75 Å². The summed E-state index contributed by atoms with van der Waals surface area (Å²) in [6.07, 6.45) is 6.64. The molecule has 0 spiro atoms. The molecule has 0 radical (unpaired) electrons. The van der Waals surface area contributed by atoms with Gasteiger partial charge in [0.25, 0.3) is 5.91 Å². The molecule has 7 nitrogen and oxygen atoms in total. The van der Waals surface area contributed by atoms with Crippen molar-refractivity contribution in [3.8, 4) is 11.8 Å². The number of hydrogen-bond acceptors (Lipinski definition) is 6.